The Hall–Kier alpha value is -1.97. The first kappa shape index (κ1) is 23.7. The van der Waals surface area contributed by atoms with Gasteiger partial charge in [0.15, 0.2) is 0 Å². The highest BCUT2D eigenvalue weighted by molar-refractivity contribution is 7.89. The highest BCUT2D eigenvalue weighted by Crippen LogP contribution is 2.27. The monoisotopic (exact) mass is 451 g/mol. The van der Waals surface area contributed by atoms with E-state index in [1.807, 2.05) is 20.8 Å². The molecule has 1 unspecified atom stereocenters. The number of hydrogen-bond donors (Lipinski definition) is 1. The lowest BCUT2D eigenvalue weighted by Gasteiger charge is -2.35. The molecule has 0 aromatic heterocycles. The fourth-order valence-corrected chi connectivity index (χ4v) is 5.63. The molecule has 2 aliphatic heterocycles. The molecule has 2 fully saturated rings. The summed E-state index contributed by atoms with van der Waals surface area (Å²) in [6, 6.07) is 4.95. The zero-order chi connectivity index (χ0) is 22.8. The standard InChI is InChI=1S/C22H33N3O5S/c1-16-7-8-18(14-19(16)31(28,29)25-10-12-30-13-11-25)23-20(26)17-6-5-9-24(15-17)21(27)22(2,3)4/h7-8,14,17H,5-6,9-13,15H2,1-4H3,(H,23,26). The molecule has 2 heterocycles. The molecule has 1 aromatic carbocycles. The van der Waals surface area contributed by atoms with Crippen molar-refractivity contribution >= 4 is 27.5 Å². The van der Waals surface area contributed by atoms with E-state index in [2.05, 4.69) is 5.32 Å². The molecule has 0 bridgehead atoms. The maximum Gasteiger partial charge on any atom is 0.243 e. The maximum atomic E-state index is 13.1. The molecule has 1 aromatic rings. The van der Waals surface area contributed by atoms with Crippen LogP contribution in [0.4, 0.5) is 5.69 Å². The number of sulfonamides is 1. The average molecular weight is 452 g/mol. The maximum absolute atomic E-state index is 13.1. The summed E-state index contributed by atoms with van der Waals surface area (Å²) >= 11 is 0. The average Bonchev–Trinajstić information content (AvgIpc) is 2.74. The number of piperidine rings is 1. The number of nitrogens with zero attached hydrogens (tertiary/aromatic N) is 2. The van der Waals surface area contributed by atoms with Crippen LogP contribution in [0, 0.1) is 18.3 Å². The molecular formula is C22H33N3O5S. The van der Waals surface area contributed by atoms with Crippen molar-refractivity contribution < 1.29 is 22.7 Å². The van der Waals surface area contributed by atoms with E-state index in [0.717, 1.165) is 6.42 Å². The van der Waals surface area contributed by atoms with Gasteiger partial charge in [-0.15, -0.1) is 0 Å². The van der Waals surface area contributed by atoms with Crippen molar-refractivity contribution in [3.8, 4) is 0 Å². The Labute approximate surface area is 185 Å². The van der Waals surface area contributed by atoms with Gasteiger partial charge in [0, 0.05) is 37.3 Å². The normalized spacial score (nSPS) is 21.0. The number of benzene rings is 1. The van der Waals surface area contributed by atoms with Crippen molar-refractivity contribution in [1.29, 1.82) is 0 Å². The molecule has 31 heavy (non-hydrogen) atoms. The van der Waals surface area contributed by atoms with Gasteiger partial charge in [-0.3, -0.25) is 9.59 Å². The van der Waals surface area contributed by atoms with Gasteiger partial charge >= 0.3 is 0 Å². The van der Waals surface area contributed by atoms with Crippen LogP contribution in [0.25, 0.3) is 0 Å². The molecule has 172 valence electrons. The second-order valence-corrected chi connectivity index (χ2v) is 11.2. The molecule has 2 aliphatic rings. The lowest BCUT2D eigenvalue weighted by molar-refractivity contribution is -0.142. The molecule has 2 saturated heterocycles. The van der Waals surface area contributed by atoms with E-state index in [-0.39, 0.29) is 22.6 Å². The van der Waals surface area contributed by atoms with E-state index in [0.29, 0.717) is 57.1 Å². The lowest BCUT2D eigenvalue weighted by atomic mass is 9.91. The molecule has 8 nitrogen and oxygen atoms in total. The minimum Gasteiger partial charge on any atom is -0.379 e. The Morgan fingerprint density at radius 3 is 2.45 bits per heavy atom. The van der Waals surface area contributed by atoms with Crippen LogP contribution in [0.15, 0.2) is 23.1 Å². The quantitative estimate of drug-likeness (QED) is 0.757. The minimum absolute atomic E-state index is 0.0410. The SMILES string of the molecule is Cc1ccc(NC(=O)C2CCCN(C(=O)C(C)(C)C)C2)cc1S(=O)(=O)N1CCOCC1. The summed E-state index contributed by atoms with van der Waals surface area (Å²) in [6.07, 6.45) is 1.47. The summed E-state index contributed by atoms with van der Waals surface area (Å²) in [5.74, 6) is -0.468. The fraction of sp³-hybridized carbons (Fsp3) is 0.636. The Morgan fingerprint density at radius 2 is 1.81 bits per heavy atom. The van der Waals surface area contributed by atoms with E-state index in [1.54, 1.807) is 24.0 Å². The summed E-state index contributed by atoms with van der Waals surface area (Å²) < 4.78 is 32.8. The van der Waals surface area contributed by atoms with Crippen LogP contribution in [0.2, 0.25) is 0 Å². The number of nitrogens with one attached hydrogen (secondary N) is 1. The van der Waals surface area contributed by atoms with Gasteiger partial charge in [-0.25, -0.2) is 8.42 Å². The van der Waals surface area contributed by atoms with E-state index in [9.17, 15) is 18.0 Å². The van der Waals surface area contributed by atoms with Crippen molar-refractivity contribution in [2.75, 3.05) is 44.7 Å². The van der Waals surface area contributed by atoms with Crippen molar-refractivity contribution in [3.63, 3.8) is 0 Å². The number of likely N-dealkylation sites (tertiary alicyclic amines) is 1. The van der Waals surface area contributed by atoms with Crippen molar-refractivity contribution in [2.24, 2.45) is 11.3 Å². The Kier molecular flexibility index (Phi) is 7.08. The largest absolute Gasteiger partial charge is 0.379 e. The zero-order valence-corrected chi connectivity index (χ0v) is 19.6. The Morgan fingerprint density at radius 1 is 1.13 bits per heavy atom. The Balaban J connectivity index is 1.73. The third kappa shape index (κ3) is 5.45. The van der Waals surface area contributed by atoms with Crippen LogP contribution >= 0.6 is 0 Å². The van der Waals surface area contributed by atoms with Gasteiger partial charge in [0.05, 0.1) is 24.0 Å². The van der Waals surface area contributed by atoms with E-state index >= 15 is 0 Å². The highest BCUT2D eigenvalue weighted by Gasteiger charge is 2.34. The summed E-state index contributed by atoms with van der Waals surface area (Å²) in [5, 5.41) is 2.87. The minimum atomic E-state index is -3.66. The van der Waals surface area contributed by atoms with Crippen LogP contribution in [0.1, 0.15) is 39.2 Å². The number of morpholine rings is 1. The van der Waals surface area contributed by atoms with Crippen LogP contribution < -0.4 is 5.32 Å². The number of carbonyl (C=O) groups is 2. The van der Waals surface area contributed by atoms with Gasteiger partial charge in [-0.2, -0.15) is 4.31 Å². The summed E-state index contributed by atoms with van der Waals surface area (Å²) in [6.45, 7) is 9.80. The number of carbonyl (C=O) groups excluding carboxylic acids is 2. The first-order chi connectivity index (χ1) is 14.5. The topological polar surface area (TPSA) is 96.0 Å². The molecule has 0 saturated carbocycles. The molecule has 2 amide bonds. The third-order valence-corrected chi connectivity index (χ3v) is 7.81. The number of hydrogen-bond acceptors (Lipinski definition) is 5. The smallest absolute Gasteiger partial charge is 0.243 e. The Bertz CT molecular complexity index is 933. The van der Waals surface area contributed by atoms with Crippen LogP contribution in [-0.2, 0) is 24.3 Å². The molecular weight excluding hydrogens is 418 g/mol. The van der Waals surface area contributed by atoms with Crippen molar-refractivity contribution in [3.05, 3.63) is 23.8 Å². The molecule has 0 spiro atoms. The van der Waals surface area contributed by atoms with E-state index < -0.39 is 15.4 Å². The highest BCUT2D eigenvalue weighted by atomic mass is 32.2. The zero-order valence-electron chi connectivity index (χ0n) is 18.8. The summed E-state index contributed by atoms with van der Waals surface area (Å²) in [7, 11) is -3.66. The molecule has 9 heteroatoms. The van der Waals surface area contributed by atoms with Crippen molar-refractivity contribution in [2.45, 2.75) is 45.4 Å². The molecule has 0 aliphatic carbocycles. The predicted octanol–water partition coefficient (Wildman–Crippen LogP) is 2.24. The van der Waals surface area contributed by atoms with Crippen molar-refractivity contribution in [1.82, 2.24) is 9.21 Å². The third-order valence-electron chi connectivity index (χ3n) is 5.76. The van der Waals surface area contributed by atoms with Gasteiger partial charge in [-0.1, -0.05) is 26.8 Å². The number of ether oxygens (including phenoxy) is 1. The fourth-order valence-electron chi connectivity index (χ4n) is 3.98. The first-order valence-corrected chi connectivity index (χ1v) is 12.2. The lowest BCUT2D eigenvalue weighted by Crippen LogP contribution is -2.47. The summed E-state index contributed by atoms with van der Waals surface area (Å²) in [5.41, 5.74) is 0.587. The van der Waals surface area contributed by atoms with E-state index in [4.69, 9.17) is 4.74 Å². The van der Waals surface area contributed by atoms with Gasteiger partial charge in [-0.05, 0) is 37.5 Å². The number of aryl methyl sites for hydroxylation is 1. The van der Waals surface area contributed by atoms with E-state index in [1.165, 1.54) is 10.4 Å². The number of rotatable bonds is 4. The first-order valence-electron chi connectivity index (χ1n) is 10.8. The van der Waals surface area contributed by atoms with Crippen LogP contribution in [-0.4, -0.2) is 68.8 Å². The number of anilines is 1. The molecule has 1 N–H and O–H groups in total. The summed E-state index contributed by atoms with van der Waals surface area (Å²) in [4.78, 5) is 27.5. The molecule has 1 atom stereocenters. The van der Waals surface area contributed by atoms with Gasteiger partial charge < -0.3 is 15.0 Å². The van der Waals surface area contributed by atoms with Crippen LogP contribution in [0.3, 0.4) is 0 Å². The van der Waals surface area contributed by atoms with Gasteiger partial charge in [0.1, 0.15) is 0 Å². The molecule has 0 radical (unpaired) electrons. The van der Waals surface area contributed by atoms with Gasteiger partial charge in [0.2, 0.25) is 21.8 Å². The second kappa shape index (κ2) is 9.26. The number of amides is 2. The second-order valence-electron chi connectivity index (χ2n) is 9.33. The van der Waals surface area contributed by atoms with Crippen LogP contribution in [0.5, 0.6) is 0 Å². The van der Waals surface area contributed by atoms with Gasteiger partial charge in [0.25, 0.3) is 0 Å². The molecule has 3 rings (SSSR count). The predicted molar refractivity (Wildman–Crippen MR) is 118 cm³/mol.